The highest BCUT2D eigenvalue weighted by Gasteiger charge is 2.19. The summed E-state index contributed by atoms with van der Waals surface area (Å²) in [5.74, 6) is -0.796. The fraction of sp³-hybridized carbons (Fsp3) is 0.667. The van der Waals surface area contributed by atoms with Gasteiger partial charge in [0.2, 0.25) is 0 Å². The third kappa shape index (κ3) is 3.05. The van der Waals surface area contributed by atoms with Gasteiger partial charge in [0.1, 0.15) is 0 Å². The Morgan fingerprint density at radius 1 is 1.67 bits per heavy atom. The highest BCUT2D eigenvalue weighted by Crippen LogP contribution is 2.18. The van der Waals surface area contributed by atoms with Gasteiger partial charge in [0, 0.05) is 18.2 Å². The van der Waals surface area contributed by atoms with Gasteiger partial charge in [0.25, 0.3) is 0 Å². The van der Waals surface area contributed by atoms with Crippen LogP contribution >= 0.6 is 0 Å². The van der Waals surface area contributed by atoms with Gasteiger partial charge in [-0.3, -0.25) is 0 Å². The van der Waals surface area contributed by atoms with Crippen LogP contribution in [-0.4, -0.2) is 23.7 Å². The van der Waals surface area contributed by atoms with Crippen LogP contribution in [0.4, 0.5) is 0 Å². The smallest absolute Gasteiger partial charge is 0.331 e. The molecule has 0 atom stereocenters. The van der Waals surface area contributed by atoms with E-state index in [1.807, 2.05) is 6.92 Å². The van der Waals surface area contributed by atoms with Crippen molar-refractivity contribution in [3.8, 4) is 0 Å². The second-order valence-corrected chi connectivity index (χ2v) is 3.07. The third-order valence-electron chi connectivity index (χ3n) is 1.99. The molecule has 0 saturated heterocycles. The summed E-state index contributed by atoms with van der Waals surface area (Å²) < 4.78 is 0. The van der Waals surface area contributed by atoms with Crippen LogP contribution < -0.4 is 5.32 Å². The number of hydrogen-bond acceptors (Lipinski definition) is 2. The first-order valence-electron chi connectivity index (χ1n) is 4.39. The standard InChI is InChI=1S/C9H15NO2/c1-2-7(9(11)12)5-6-10-8-3-4-8/h5,8,10H,2-4,6H2,1H3,(H,11,12). The van der Waals surface area contributed by atoms with Crippen LogP contribution in [0.15, 0.2) is 11.6 Å². The van der Waals surface area contributed by atoms with Gasteiger partial charge in [-0.1, -0.05) is 13.0 Å². The molecule has 0 spiro atoms. The Kier molecular flexibility index (Phi) is 3.29. The summed E-state index contributed by atoms with van der Waals surface area (Å²) >= 11 is 0. The molecule has 0 bridgehead atoms. The van der Waals surface area contributed by atoms with E-state index >= 15 is 0 Å². The van der Waals surface area contributed by atoms with E-state index in [9.17, 15) is 4.79 Å². The number of carboxylic acid groups (broad SMARTS) is 1. The number of hydrogen-bond donors (Lipinski definition) is 2. The molecule has 3 heteroatoms. The molecular formula is C9H15NO2. The molecule has 12 heavy (non-hydrogen) atoms. The molecule has 0 unspecified atom stereocenters. The predicted molar refractivity (Wildman–Crippen MR) is 47.0 cm³/mol. The number of aliphatic carboxylic acids is 1. The highest BCUT2D eigenvalue weighted by atomic mass is 16.4. The quantitative estimate of drug-likeness (QED) is 0.607. The zero-order valence-electron chi connectivity index (χ0n) is 7.34. The zero-order chi connectivity index (χ0) is 8.97. The van der Waals surface area contributed by atoms with E-state index in [4.69, 9.17) is 5.11 Å². The predicted octanol–water partition coefficient (Wildman–Crippen LogP) is 1.16. The van der Waals surface area contributed by atoms with Crippen molar-refractivity contribution in [1.82, 2.24) is 5.32 Å². The molecule has 1 saturated carbocycles. The average molecular weight is 169 g/mol. The Balaban J connectivity index is 2.24. The second kappa shape index (κ2) is 4.26. The van der Waals surface area contributed by atoms with E-state index in [0.717, 1.165) is 0 Å². The number of rotatable bonds is 5. The van der Waals surface area contributed by atoms with Crippen molar-refractivity contribution in [1.29, 1.82) is 0 Å². The molecule has 1 aliphatic carbocycles. The van der Waals surface area contributed by atoms with Crippen LogP contribution in [0, 0.1) is 0 Å². The number of nitrogens with one attached hydrogen (secondary N) is 1. The van der Waals surface area contributed by atoms with Crippen LogP contribution in [0.2, 0.25) is 0 Å². The van der Waals surface area contributed by atoms with Crippen molar-refractivity contribution in [3.63, 3.8) is 0 Å². The third-order valence-corrected chi connectivity index (χ3v) is 1.99. The molecule has 0 heterocycles. The fourth-order valence-electron chi connectivity index (χ4n) is 1.02. The molecule has 3 nitrogen and oxygen atoms in total. The van der Waals surface area contributed by atoms with Crippen LogP contribution in [0.5, 0.6) is 0 Å². The van der Waals surface area contributed by atoms with E-state index in [1.54, 1.807) is 6.08 Å². The Bertz CT molecular complexity index is 195. The van der Waals surface area contributed by atoms with Crippen molar-refractivity contribution in [2.24, 2.45) is 0 Å². The molecule has 68 valence electrons. The normalized spacial score (nSPS) is 17.9. The molecule has 0 aromatic rings. The maximum absolute atomic E-state index is 10.5. The summed E-state index contributed by atoms with van der Waals surface area (Å²) in [6.45, 7) is 2.55. The summed E-state index contributed by atoms with van der Waals surface area (Å²) in [6, 6.07) is 0.646. The van der Waals surface area contributed by atoms with Crippen LogP contribution in [-0.2, 0) is 4.79 Å². The van der Waals surface area contributed by atoms with Gasteiger partial charge in [0.05, 0.1) is 0 Å². The van der Waals surface area contributed by atoms with Gasteiger partial charge in [-0.25, -0.2) is 4.79 Å². The Morgan fingerprint density at radius 3 is 2.75 bits per heavy atom. The minimum absolute atomic E-state index is 0.503. The van der Waals surface area contributed by atoms with Crippen molar-refractivity contribution in [2.45, 2.75) is 32.2 Å². The number of carbonyl (C=O) groups is 1. The lowest BCUT2D eigenvalue weighted by atomic mass is 10.2. The Morgan fingerprint density at radius 2 is 2.33 bits per heavy atom. The Labute approximate surface area is 72.5 Å². The second-order valence-electron chi connectivity index (χ2n) is 3.07. The lowest BCUT2D eigenvalue weighted by Crippen LogP contribution is -2.16. The summed E-state index contributed by atoms with van der Waals surface area (Å²) in [6.07, 6.45) is 4.84. The van der Waals surface area contributed by atoms with Gasteiger partial charge in [-0.05, 0) is 19.3 Å². The lowest BCUT2D eigenvalue weighted by molar-refractivity contribution is -0.132. The molecule has 0 radical (unpaired) electrons. The first-order valence-corrected chi connectivity index (χ1v) is 4.39. The molecule has 1 fully saturated rings. The first-order chi connectivity index (χ1) is 5.74. The van der Waals surface area contributed by atoms with E-state index in [-0.39, 0.29) is 0 Å². The monoisotopic (exact) mass is 169 g/mol. The molecule has 1 rings (SSSR count). The minimum atomic E-state index is -0.796. The zero-order valence-corrected chi connectivity index (χ0v) is 7.34. The summed E-state index contributed by atoms with van der Waals surface area (Å²) in [4.78, 5) is 10.5. The minimum Gasteiger partial charge on any atom is -0.478 e. The van der Waals surface area contributed by atoms with Crippen LogP contribution in [0.1, 0.15) is 26.2 Å². The maximum atomic E-state index is 10.5. The first kappa shape index (κ1) is 9.26. The lowest BCUT2D eigenvalue weighted by Gasteiger charge is -1.99. The van der Waals surface area contributed by atoms with Crippen molar-refractivity contribution < 1.29 is 9.90 Å². The van der Waals surface area contributed by atoms with Crippen LogP contribution in [0.3, 0.4) is 0 Å². The maximum Gasteiger partial charge on any atom is 0.331 e. The topological polar surface area (TPSA) is 49.3 Å². The van der Waals surface area contributed by atoms with Crippen molar-refractivity contribution in [2.75, 3.05) is 6.54 Å². The van der Waals surface area contributed by atoms with Gasteiger partial charge in [-0.2, -0.15) is 0 Å². The highest BCUT2D eigenvalue weighted by molar-refractivity contribution is 5.86. The average Bonchev–Trinajstić information content (AvgIpc) is 2.80. The molecule has 0 amide bonds. The van der Waals surface area contributed by atoms with E-state index < -0.39 is 5.97 Å². The molecule has 0 aromatic heterocycles. The fourth-order valence-corrected chi connectivity index (χ4v) is 1.02. The van der Waals surface area contributed by atoms with Gasteiger partial charge in [-0.15, -0.1) is 0 Å². The van der Waals surface area contributed by atoms with Gasteiger partial charge >= 0.3 is 5.97 Å². The molecule has 0 aromatic carbocycles. The summed E-state index contributed by atoms with van der Waals surface area (Å²) in [7, 11) is 0. The van der Waals surface area contributed by atoms with Gasteiger partial charge in [0.15, 0.2) is 0 Å². The summed E-state index contributed by atoms with van der Waals surface area (Å²) in [5.41, 5.74) is 0.503. The van der Waals surface area contributed by atoms with Crippen LogP contribution in [0.25, 0.3) is 0 Å². The SMILES string of the molecule is CCC(=CCNC1CC1)C(=O)O. The largest absolute Gasteiger partial charge is 0.478 e. The van der Waals surface area contributed by atoms with Crippen molar-refractivity contribution >= 4 is 5.97 Å². The van der Waals surface area contributed by atoms with Crippen molar-refractivity contribution in [3.05, 3.63) is 11.6 Å². The Hall–Kier alpha value is -0.830. The molecule has 1 aliphatic rings. The van der Waals surface area contributed by atoms with Gasteiger partial charge < -0.3 is 10.4 Å². The number of carboxylic acids is 1. The van der Waals surface area contributed by atoms with E-state index in [0.29, 0.717) is 24.6 Å². The van der Waals surface area contributed by atoms with E-state index in [1.165, 1.54) is 12.8 Å². The van der Waals surface area contributed by atoms with E-state index in [2.05, 4.69) is 5.32 Å². The molecule has 0 aliphatic heterocycles. The summed E-state index contributed by atoms with van der Waals surface area (Å²) in [5, 5.41) is 11.9. The molecule has 2 N–H and O–H groups in total. The molecular weight excluding hydrogens is 154 g/mol.